The zero-order valence-electron chi connectivity index (χ0n) is 20.1. The van der Waals surface area contributed by atoms with E-state index in [1.807, 2.05) is 19.1 Å². The molecule has 1 aliphatic heterocycles. The maximum atomic E-state index is 13.7. The Morgan fingerprint density at radius 1 is 0.939 bits per heavy atom. The lowest BCUT2D eigenvalue weighted by molar-refractivity contribution is -0.127. The summed E-state index contributed by atoms with van der Waals surface area (Å²) < 4.78 is 11.0. The molecule has 1 aliphatic rings. The second kappa shape index (κ2) is 8.42. The van der Waals surface area contributed by atoms with Gasteiger partial charge in [0.2, 0.25) is 0 Å². The lowest BCUT2D eigenvalue weighted by Crippen LogP contribution is -2.62. The van der Waals surface area contributed by atoms with E-state index in [4.69, 9.17) is 9.47 Å². The molecule has 0 radical (unpaired) electrons. The first kappa shape index (κ1) is 24.1. The molecule has 0 saturated carbocycles. The van der Waals surface area contributed by atoms with Gasteiger partial charge in [0.25, 0.3) is 5.91 Å². The number of aryl methyl sites for hydroxylation is 1. The van der Waals surface area contributed by atoms with Crippen molar-refractivity contribution in [3.05, 3.63) is 65.2 Å². The van der Waals surface area contributed by atoms with Crippen LogP contribution in [0.2, 0.25) is 0 Å². The van der Waals surface area contributed by atoms with Crippen LogP contribution in [0.15, 0.2) is 48.5 Å². The van der Waals surface area contributed by atoms with E-state index in [0.717, 1.165) is 10.6 Å². The Bertz CT molecular complexity index is 1070. The fourth-order valence-electron chi connectivity index (χ4n) is 3.68. The van der Waals surface area contributed by atoms with E-state index in [1.54, 1.807) is 77.9 Å². The van der Waals surface area contributed by atoms with E-state index >= 15 is 0 Å². The standard InChI is InChI=1S/C25H31N3O5/c1-16-13-14-19-18(15-16)25(20(29)26-19,17-11-9-8-10-12-17)28(22(31)33-24(5,6)7)27-21(30)32-23(2,3)4/h8-15H,1-7H3,(H,26,29)(H,27,30)/t25-/m0/s1. The number of rotatable bonds is 2. The molecule has 0 saturated heterocycles. The summed E-state index contributed by atoms with van der Waals surface area (Å²) in [6, 6.07) is 14.2. The SMILES string of the molecule is Cc1ccc2c(c1)[C@](c1ccccc1)(N(NC(=O)OC(C)(C)C)C(=O)OC(C)(C)C)C(=O)N2. The van der Waals surface area contributed by atoms with Crippen molar-refractivity contribution in [1.82, 2.24) is 10.4 Å². The normalized spacial score (nSPS) is 17.6. The molecule has 1 heterocycles. The molecule has 33 heavy (non-hydrogen) atoms. The van der Waals surface area contributed by atoms with Crippen LogP contribution in [0.5, 0.6) is 0 Å². The number of hydrogen-bond acceptors (Lipinski definition) is 5. The Labute approximate surface area is 194 Å². The van der Waals surface area contributed by atoms with Crippen LogP contribution in [0.1, 0.15) is 58.2 Å². The summed E-state index contributed by atoms with van der Waals surface area (Å²) in [6.07, 6.45) is -1.79. The fraction of sp³-hybridized carbons (Fsp3) is 0.400. The summed E-state index contributed by atoms with van der Waals surface area (Å²) in [4.78, 5) is 40.1. The fourth-order valence-corrected chi connectivity index (χ4v) is 3.68. The molecule has 3 amide bonds. The highest BCUT2D eigenvalue weighted by Gasteiger charge is 2.57. The zero-order chi connectivity index (χ0) is 24.6. The Morgan fingerprint density at radius 2 is 1.55 bits per heavy atom. The molecule has 2 N–H and O–H groups in total. The van der Waals surface area contributed by atoms with Gasteiger partial charge in [-0.3, -0.25) is 4.79 Å². The number of ether oxygens (including phenoxy) is 2. The highest BCUT2D eigenvalue weighted by molar-refractivity contribution is 6.10. The van der Waals surface area contributed by atoms with Crippen LogP contribution in [-0.4, -0.2) is 34.3 Å². The highest BCUT2D eigenvalue weighted by atomic mass is 16.6. The molecular formula is C25H31N3O5. The van der Waals surface area contributed by atoms with E-state index < -0.39 is 34.8 Å². The van der Waals surface area contributed by atoms with Crippen molar-refractivity contribution >= 4 is 23.8 Å². The van der Waals surface area contributed by atoms with Crippen molar-refractivity contribution in [3.63, 3.8) is 0 Å². The van der Waals surface area contributed by atoms with Gasteiger partial charge in [-0.1, -0.05) is 48.0 Å². The topological polar surface area (TPSA) is 97.0 Å². The Morgan fingerprint density at radius 3 is 2.12 bits per heavy atom. The molecule has 2 aromatic rings. The number of fused-ring (bicyclic) bond motifs is 1. The molecule has 0 bridgehead atoms. The van der Waals surface area contributed by atoms with Crippen LogP contribution in [0.4, 0.5) is 15.3 Å². The zero-order valence-corrected chi connectivity index (χ0v) is 20.1. The van der Waals surface area contributed by atoms with Gasteiger partial charge in [-0.25, -0.2) is 15.0 Å². The van der Waals surface area contributed by atoms with Gasteiger partial charge in [0.05, 0.1) is 0 Å². The van der Waals surface area contributed by atoms with Crippen molar-refractivity contribution in [2.75, 3.05) is 5.32 Å². The third-order valence-corrected chi connectivity index (χ3v) is 4.85. The van der Waals surface area contributed by atoms with Crippen LogP contribution in [0, 0.1) is 6.92 Å². The van der Waals surface area contributed by atoms with Gasteiger partial charge < -0.3 is 14.8 Å². The number of carbonyl (C=O) groups is 3. The molecule has 0 aromatic heterocycles. The molecule has 0 aliphatic carbocycles. The van der Waals surface area contributed by atoms with E-state index in [2.05, 4.69) is 10.7 Å². The summed E-state index contributed by atoms with van der Waals surface area (Å²) in [7, 11) is 0. The van der Waals surface area contributed by atoms with Crippen molar-refractivity contribution in [3.8, 4) is 0 Å². The number of nitrogens with one attached hydrogen (secondary N) is 2. The van der Waals surface area contributed by atoms with Crippen LogP contribution in [-0.2, 0) is 19.8 Å². The molecule has 8 heteroatoms. The minimum Gasteiger partial charge on any atom is -0.443 e. The summed E-state index contributed by atoms with van der Waals surface area (Å²) >= 11 is 0. The number of hydrogen-bond donors (Lipinski definition) is 2. The third-order valence-electron chi connectivity index (χ3n) is 4.85. The van der Waals surface area contributed by atoms with Crippen molar-refractivity contribution in [1.29, 1.82) is 0 Å². The molecular weight excluding hydrogens is 422 g/mol. The molecule has 176 valence electrons. The van der Waals surface area contributed by atoms with Gasteiger partial charge in [0, 0.05) is 11.3 Å². The monoisotopic (exact) mass is 453 g/mol. The second-order valence-electron chi connectivity index (χ2n) is 10.0. The maximum Gasteiger partial charge on any atom is 0.431 e. The van der Waals surface area contributed by atoms with Crippen molar-refractivity contribution < 1.29 is 23.9 Å². The van der Waals surface area contributed by atoms with Crippen LogP contribution in [0.3, 0.4) is 0 Å². The number of carbonyl (C=O) groups excluding carboxylic acids is 3. The summed E-state index contributed by atoms with van der Waals surface area (Å²) in [5, 5.41) is 3.79. The molecule has 0 spiro atoms. The number of hydrazine groups is 1. The number of nitrogens with zero attached hydrogens (tertiary/aromatic N) is 1. The maximum absolute atomic E-state index is 13.7. The quantitative estimate of drug-likeness (QED) is 0.633. The molecule has 2 aromatic carbocycles. The number of benzene rings is 2. The minimum absolute atomic E-state index is 0.480. The largest absolute Gasteiger partial charge is 0.443 e. The van der Waals surface area contributed by atoms with Crippen LogP contribution >= 0.6 is 0 Å². The third kappa shape index (κ3) is 4.94. The first-order valence-corrected chi connectivity index (χ1v) is 10.7. The lowest BCUT2D eigenvalue weighted by atomic mass is 9.82. The van der Waals surface area contributed by atoms with Gasteiger partial charge >= 0.3 is 12.2 Å². The lowest BCUT2D eigenvalue weighted by Gasteiger charge is -2.40. The summed E-state index contributed by atoms with van der Waals surface area (Å²) in [5.41, 5.74) is 1.49. The van der Waals surface area contributed by atoms with E-state index in [9.17, 15) is 14.4 Å². The Hall–Kier alpha value is -3.55. The molecule has 1 atom stereocenters. The average molecular weight is 454 g/mol. The number of amides is 3. The Balaban J connectivity index is 2.26. The number of anilines is 1. The second-order valence-corrected chi connectivity index (χ2v) is 10.0. The van der Waals surface area contributed by atoms with Gasteiger partial charge in [0.1, 0.15) is 11.2 Å². The van der Waals surface area contributed by atoms with Gasteiger partial charge in [-0.05, 0) is 60.1 Å². The predicted octanol–water partition coefficient (Wildman–Crippen LogP) is 4.87. The van der Waals surface area contributed by atoms with Gasteiger partial charge in [-0.15, -0.1) is 0 Å². The summed E-state index contributed by atoms with van der Waals surface area (Å²) in [6.45, 7) is 12.1. The first-order chi connectivity index (χ1) is 15.2. The first-order valence-electron chi connectivity index (χ1n) is 10.7. The summed E-state index contributed by atoms with van der Waals surface area (Å²) in [5.74, 6) is -0.504. The van der Waals surface area contributed by atoms with E-state index in [0.29, 0.717) is 16.8 Å². The minimum atomic E-state index is -1.72. The Kier molecular flexibility index (Phi) is 6.15. The van der Waals surface area contributed by atoms with Crippen molar-refractivity contribution in [2.24, 2.45) is 0 Å². The van der Waals surface area contributed by atoms with E-state index in [-0.39, 0.29) is 0 Å². The smallest absolute Gasteiger partial charge is 0.431 e. The van der Waals surface area contributed by atoms with Crippen LogP contribution in [0.25, 0.3) is 0 Å². The highest BCUT2D eigenvalue weighted by Crippen LogP contribution is 2.45. The molecule has 0 unspecified atom stereocenters. The average Bonchev–Trinajstić information content (AvgIpc) is 2.96. The molecule has 0 fully saturated rings. The predicted molar refractivity (Wildman–Crippen MR) is 124 cm³/mol. The van der Waals surface area contributed by atoms with E-state index in [1.165, 1.54) is 0 Å². The van der Waals surface area contributed by atoms with Gasteiger partial charge in [-0.2, -0.15) is 5.01 Å². The molecule has 8 nitrogen and oxygen atoms in total. The molecule has 3 rings (SSSR count). The van der Waals surface area contributed by atoms with Crippen molar-refractivity contribution in [2.45, 2.75) is 65.2 Å². The van der Waals surface area contributed by atoms with Crippen LogP contribution < -0.4 is 10.7 Å². The van der Waals surface area contributed by atoms with Gasteiger partial charge in [0.15, 0.2) is 5.54 Å².